The predicted molar refractivity (Wildman–Crippen MR) is 78.0 cm³/mol. The Morgan fingerprint density at radius 3 is 2.58 bits per heavy atom. The Bertz CT molecular complexity index is 390. The van der Waals surface area contributed by atoms with Crippen molar-refractivity contribution in [2.45, 2.75) is 32.2 Å². The Morgan fingerprint density at radius 2 is 1.89 bits per heavy atom. The summed E-state index contributed by atoms with van der Waals surface area (Å²) < 4.78 is 13.3. The first-order valence-electron chi connectivity index (χ1n) is 7.13. The maximum Gasteiger partial charge on any atom is 0.142 e. The van der Waals surface area contributed by atoms with E-state index in [0.717, 1.165) is 18.7 Å². The van der Waals surface area contributed by atoms with E-state index in [1.807, 2.05) is 6.07 Å². The van der Waals surface area contributed by atoms with Crippen LogP contribution >= 0.6 is 11.6 Å². The molecule has 0 aliphatic carbocycles. The average Bonchev–Trinajstić information content (AvgIpc) is 2.67. The van der Waals surface area contributed by atoms with Gasteiger partial charge >= 0.3 is 0 Å². The van der Waals surface area contributed by atoms with Gasteiger partial charge in [0, 0.05) is 19.6 Å². The number of hydrogen-bond acceptors (Lipinski definition) is 2. The van der Waals surface area contributed by atoms with Gasteiger partial charge in [0.15, 0.2) is 0 Å². The van der Waals surface area contributed by atoms with E-state index < -0.39 is 0 Å². The highest BCUT2D eigenvalue weighted by Gasteiger charge is 2.08. The highest BCUT2D eigenvalue weighted by molar-refractivity contribution is 6.30. The number of benzene rings is 1. The molecule has 0 radical (unpaired) electrons. The molecule has 1 aromatic rings. The number of rotatable bonds is 5. The molecule has 1 heterocycles. The van der Waals surface area contributed by atoms with Gasteiger partial charge in [-0.15, -0.1) is 0 Å². The van der Waals surface area contributed by atoms with Crippen LogP contribution in [-0.2, 0) is 6.54 Å². The number of nitrogens with zero attached hydrogens (tertiary/aromatic N) is 1. The number of hydrogen-bond donors (Lipinski definition) is 1. The minimum atomic E-state index is -0.339. The topological polar surface area (TPSA) is 15.3 Å². The van der Waals surface area contributed by atoms with Crippen molar-refractivity contribution in [2.24, 2.45) is 0 Å². The van der Waals surface area contributed by atoms with Crippen LogP contribution in [0, 0.1) is 5.82 Å². The first-order chi connectivity index (χ1) is 9.25. The zero-order valence-electron chi connectivity index (χ0n) is 11.3. The van der Waals surface area contributed by atoms with E-state index in [0.29, 0.717) is 6.54 Å². The van der Waals surface area contributed by atoms with Crippen LogP contribution in [-0.4, -0.2) is 31.1 Å². The van der Waals surface area contributed by atoms with E-state index in [4.69, 9.17) is 11.6 Å². The van der Waals surface area contributed by atoms with E-state index in [9.17, 15) is 4.39 Å². The first-order valence-corrected chi connectivity index (χ1v) is 7.50. The van der Waals surface area contributed by atoms with Crippen LogP contribution < -0.4 is 5.32 Å². The van der Waals surface area contributed by atoms with Gasteiger partial charge in [0.05, 0.1) is 5.02 Å². The molecule has 2 nitrogen and oxygen atoms in total. The lowest BCUT2D eigenvalue weighted by atomic mass is 10.2. The largest absolute Gasteiger partial charge is 0.311 e. The van der Waals surface area contributed by atoms with E-state index in [-0.39, 0.29) is 10.8 Å². The van der Waals surface area contributed by atoms with Crippen molar-refractivity contribution in [2.75, 3.05) is 26.2 Å². The van der Waals surface area contributed by atoms with Crippen LogP contribution in [0.2, 0.25) is 5.02 Å². The molecule has 1 N–H and O–H groups in total. The molecule has 4 heteroatoms. The summed E-state index contributed by atoms with van der Waals surface area (Å²) in [4.78, 5) is 2.52. The minimum absolute atomic E-state index is 0.188. The van der Waals surface area contributed by atoms with Crippen LogP contribution in [0.3, 0.4) is 0 Å². The maximum atomic E-state index is 13.3. The van der Waals surface area contributed by atoms with Crippen LogP contribution in [0.5, 0.6) is 0 Å². The van der Waals surface area contributed by atoms with E-state index in [1.54, 1.807) is 6.07 Å². The van der Waals surface area contributed by atoms with E-state index >= 15 is 0 Å². The van der Waals surface area contributed by atoms with E-state index in [2.05, 4.69) is 10.2 Å². The van der Waals surface area contributed by atoms with Crippen molar-refractivity contribution in [3.05, 3.63) is 34.6 Å². The van der Waals surface area contributed by atoms with Crippen LogP contribution in [0.1, 0.15) is 31.2 Å². The van der Waals surface area contributed by atoms with Crippen molar-refractivity contribution in [1.82, 2.24) is 10.2 Å². The summed E-state index contributed by atoms with van der Waals surface area (Å²) in [5, 5.41) is 3.55. The number of nitrogens with one attached hydrogen (secondary N) is 1. The summed E-state index contributed by atoms with van der Waals surface area (Å²) in [6, 6.07) is 4.98. The van der Waals surface area contributed by atoms with E-state index in [1.165, 1.54) is 44.8 Å². The van der Waals surface area contributed by atoms with Crippen molar-refractivity contribution in [3.8, 4) is 0 Å². The molecule has 0 aromatic heterocycles. The predicted octanol–water partition coefficient (Wildman–Crippen LogP) is 3.44. The summed E-state index contributed by atoms with van der Waals surface area (Å²) in [5.41, 5.74) is 0.942. The monoisotopic (exact) mass is 284 g/mol. The average molecular weight is 285 g/mol. The third kappa shape index (κ3) is 5.09. The Labute approximate surface area is 119 Å². The molecule has 1 aliphatic heterocycles. The van der Waals surface area contributed by atoms with Gasteiger partial charge in [0.2, 0.25) is 0 Å². The number of likely N-dealkylation sites (tertiary alicyclic amines) is 1. The van der Waals surface area contributed by atoms with Crippen molar-refractivity contribution in [3.63, 3.8) is 0 Å². The molecular formula is C15H22ClFN2. The lowest BCUT2D eigenvalue weighted by Crippen LogP contribution is -2.32. The lowest BCUT2D eigenvalue weighted by Gasteiger charge is -2.19. The molecule has 0 saturated carbocycles. The maximum absolute atomic E-state index is 13.3. The van der Waals surface area contributed by atoms with Crippen LogP contribution in [0.4, 0.5) is 4.39 Å². The molecule has 19 heavy (non-hydrogen) atoms. The van der Waals surface area contributed by atoms with Crippen molar-refractivity contribution >= 4 is 11.6 Å². The highest BCUT2D eigenvalue weighted by atomic mass is 35.5. The minimum Gasteiger partial charge on any atom is -0.311 e. The molecule has 0 atom stereocenters. The van der Waals surface area contributed by atoms with Gasteiger partial charge in [-0.1, -0.05) is 30.5 Å². The highest BCUT2D eigenvalue weighted by Crippen LogP contribution is 2.15. The van der Waals surface area contributed by atoms with Gasteiger partial charge < -0.3 is 10.2 Å². The Morgan fingerprint density at radius 1 is 1.16 bits per heavy atom. The van der Waals surface area contributed by atoms with Gasteiger partial charge in [0.1, 0.15) is 5.82 Å². The summed E-state index contributed by atoms with van der Waals surface area (Å²) in [5.74, 6) is -0.339. The Hall–Kier alpha value is -0.640. The second kappa shape index (κ2) is 7.83. The van der Waals surface area contributed by atoms with Gasteiger partial charge in [-0.25, -0.2) is 4.39 Å². The fraction of sp³-hybridized carbons (Fsp3) is 0.600. The molecule has 0 spiro atoms. The fourth-order valence-corrected chi connectivity index (χ4v) is 2.60. The SMILES string of the molecule is Fc1cc(CNCCN2CCCCCC2)ccc1Cl. The molecule has 2 rings (SSSR count). The zero-order valence-corrected chi connectivity index (χ0v) is 12.1. The second-order valence-electron chi connectivity index (χ2n) is 5.18. The molecular weight excluding hydrogens is 263 g/mol. The summed E-state index contributed by atoms with van der Waals surface area (Å²) in [6.45, 7) is 5.16. The standard InChI is InChI=1S/C15H22ClFN2/c16-14-6-5-13(11-15(14)17)12-18-7-10-19-8-3-1-2-4-9-19/h5-6,11,18H,1-4,7-10,12H2. The van der Waals surface area contributed by atoms with Gasteiger partial charge in [-0.2, -0.15) is 0 Å². The summed E-state index contributed by atoms with van der Waals surface area (Å²) >= 11 is 5.66. The van der Waals surface area contributed by atoms with Gasteiger partial charge in [-0.05, 0) is 43.6 Å². The van der Waals surface area contributed by atoms with Crippen LogP contribution in [0.25, 0.3) is 0 Å². The molecule has 106 valence electrons. The van der Waals surface area contributed by atoms with Gasteiger partial charge in [0.25, 0.3) is 0 Å². The molecule has 0 bridgehead atoms. The molecule has 1 aliphatic rings. The quantitative estimate of drug-likeness (QED) is 0.833. The summed E-state index contributed by atoms with van der Waals surface area (Å²) in [6.07, 6.45) is 5.38. The third-order valence-electron chi connectivity index (χ3n) is 3.62. The van der Waals surface area contributed by atoms with Crippen LogP contribution in [0.15, 0.2) is 18.2 Å². The smallest absolute Gasteiger partial charge is 0.142 e. The Kier molecular flexibility index (Phi) is 6.08. The summed E-state index contributed by atoms with van der Waals surface area (Å²) in [7, 11) is 0. The first kappa shape index (κ1) is 14.8. The van der Waals surface area contributed by atoms with Crippen molar-refractivity contribution < 1.29 is 4.39 Å². The number of halogens is 2. The Balaban J connectivity index is 1.67. The fourth-order valence-electron chi connectivity index (χ4n) is 2.48. The van der Waals surface area contributed by atoms with Gasteiger partial charge in [-0.3, -0.25) is 0 Å². The molecule has 1 fully saturated rings. The molecule has 0 amide bonds. The molecule has 0 unspecified atom stereocenters. The zero-order chi connectivity index (χ0) is 13.5. The second-order valence-corrected chi connectivity index (χ2v) is 5.59. The van der Waals surface area contributed by atoms with Crippen molar-refractivity contribution in [1.29, 1.82) is 0 Å². The normalized spacial score (nSPS) is 17.4. The third-order valence-corrected chi connectivity index (χ3v) is 3.92. The molecule has 1 saturated heterocycles. The molecule has 1 aromatic carbocycles. The lowest BCUT2D eigenvalue weighted by molar-refractivity contribution is 0.284.